The lowest BCUT2D eigenvalue weighted by atomic mass is 10.0. The van der Waals surface area contributed by atoms with Gasteiger partial charge in [0, 0.05) is 10.8 Å². The molecule has 0 amide bonds. The Hall–Kier alpha value is -1.43. The van der Waals surface area contributed by atoms with Crippen molar-refractivity contribution in [1.29, 1.82) is 0 Å². The Balaban J connectivity index is 2.26. The quantitative estimate of drug-likeness (QED) is 0.818. The fraction of sp³-hybridized carbons (Fsp3) is 0.500. The summed E-state index contributed by atoms with van der Waals surface area (Å²) in [5, 5.41) is 17.7. The van der Waals surface area contributed by atoms with E-state index in [1.165, 1.54) is 11.3 Å². The van der Waals surface area contributed by atoms with Crippen LogP contribution in [0, 0.1) is 0 Å². The highest BCUT2D eigenvalue weighted by molar-refractivity contribution is 7.10. The van der Waals surface area contributed by atoms with Crippen LogP contribution in [-0.2, 0) is 9.59 Å². The molecule has 1 aliphatic rings. The van der Waals surface area contributed by atoms with Crippen molar-refractivity contribution < 1.29 is 19.8 Å². The van der Waals surface area contributed by atoms with Crippen LogP contribution in [0.2, 0.25) is 0 Å². The molecule has 1 unspecified atom stereocenters. The van der Waals surface area contributed by atoms with E-state index in [0.717, 1.165) is 18.5 Å². The summed E-state index contributed by atoms with van der Waals surface area (Å²) in [4.78, 5) is 26.4. The number of rotatable bonds is 5. The highest BCUT2D eigenvalue weighted by atomic mass is 32.1. The second-order valence-corrected chi connectivity index (χ2v) is 4.75. The van der Waals surface area contributed by atoms with Crippen LogP contribution < -0.4 is 0 Å². The van der Waals surface area contributed by atoms with Gasteiger partial charge in [-0.3, -0.25) is 9.59 Å². The zero-order valence-corrected chi connectivity index (χ0v) is 9.24. The molecule has 1 fully saturated rings. The van der Waals surface area contributed by atoms with E-state index in [4.69, 9.17) is 10.2 Å². The maximum absolute atomic E-state index is 11.0. The first-order valence-electron chi connectivity index (χ1n) is 4.97. The van der Waals surface area contributed by atoms with Crippen molar-refractivity contribution in [2.45, 2.75) is 31.1 Å². The highest BCUT2D eigenvalue weighted by Crippen LogP contribution is 2.44. The molecular formula is C10H11NO4S. The Morgan fingerprint density at radius 2 is 2.19 bits per heavy atom. The zero-order valence-electron chi connectivity index (χ0n) is 8.42. The smallest absolute Gasteiger partial charge is 0.312 e. The molecule has 0 saturated heterocycles. The number of carboxylic acids is 2. The van der Waals surface area contributed by atoms with Gasteiger partial charge >= 0.3 is 11.9 Å². The van der Waals surface area contributed by atoms with Crippen LogP contribution in [0.4, 0.5) is 0 Å². The Morgan fingerprint density at radius 1 is 1.50 bits per heavy atom. The molecule has 1 atom stereocenters. The van der Waals surface area contributed by atoms with E-state index in [-0.39, 0.29) is 6.42 Å². The van der Waals surface area contributed by atoms with E-state index in [1.807, 2.05) is 0 Å². The molecule has 1 aromatic rings. The van der Waals surface area contributed by atoms with Gasteiger partial charge in [-0.1, -0.05) is 0 Å². The monoisotopic (exact) mass is 241 g/mol. The summed E-state index contributed by atoms with van der Waals surface area (Å²) >= 11 is 1.24. The van der Waals surface area contributed by atoms with E-state index >= 15 is 0 Å². The van der Waals surface area contributed by atoms with Crippen molar-refractivity contribution in [3.63, 3.8) is 0 Å². The van der Waals surface area contributed by atoms with Crippen molar-refractivity contribution >= 4 is 23.3 Å². The normalized spacial score (nSPS) is 17.0. The SMILES string of the molecule is O=C(O)CC(C(=O)O)c1scnc1C1CC1. The van der Waals surface area contributed by atoms with Crippen LogP contribution in [0.15, 0.2) is 5.51 Å². The Kier molecular flexibility index (Phi) is 2.91. The molecule has 6 heteroatoms. The lowest BCUT2D eigenvalue weighted by Crippen LogP contribution is -2.16. The number of nitrogens with zero attached hydrogens (tertiary/aromatic N) is 1. The summed E-state index contributed by atoms with van der Waals surface area (Å²) in [7, 11) is 0. The number of aliphatic carboxylic acids is 2. The minimum absolute atomic E-state index is 0.344. The van der Waals surface area contributed by atoms with Crippen LogP contribution in [-0.4, -0.2) is 27.1 Å². The standard InChI is InChI=1S/C10H11NO4S/c12-7(13)3-6(10(14)15)9-8(5-1-2-5)11-4-16-9/h4-6H,1-3H2,(H,12,13)(H,14,15). The van der Waals surface area contributed by atoms with Crippen LogP contribution in [0.25, 0.3) is 0 Å². The third kappa shape index (κ3) is 2.21. The molecule has 2 rings (SSSR count). The predicted octanol–water partition coefficient (Wildman–Crippen LogP) is 1.66. The summed E-state index contributed by atoms with van der Waals surface area (Å²) in [6.07, 6.45) is 1.67. The molecule has 1 heterocycles. The third-order valence-electron chi connectivity index (χ3n) is 2.58. The number of carboxylic acid groups (broad SMARTS) is 2. The lowest BCUT2D eigenvalue weighted by Gasteiger charge is -2.09. The van der Waals surface area contributed by atoms with E-state index < -0.39 is 17.9 Å². The molecule has 0 spiro atoms. The van der Waals surface area contributed by atoms with Crippen molar-refractivity contribution in [3.8, 4) is 0 Å². The van der Waals surface area contributed by atoms with Crippen LogP contribution in [0.1, 0.15) is 41.7 Å². The second-order valence-electron chi connectivity index (χ2n) is 3.86. The number of hydrogen-bond donors (Lipinski definition) is 2. The van der Waals surface area contributed by atoms with Crippen LogP contribution in [0.3, 0.4) is 0 Å². The van der Waals surface area contributed by atoms with Gasteiger partial charge in [-0.05, 0) is 12.8 Å². The second kappa shape index (κ2) is 4.21. The van der Waals surface area contributed by atoms with Gasteiger partial charge in [0.2, 0.25) is 0 Å². The van der Waals surface area contributed by atoms with Gasteiger partial charge in [0.25, 0.3) is 0 Å². The first-order chi connectivity index (χ1) is 7.59. The molecule has 0 aromatic carbocycles. The summed E-state index contributed by atoms with van der Waals surface area (Å²) in [6, 6.07) is 0. The molecule has 1 saturated carbocycles. The van der Waals surface area contributed by atoms with Gasteiger partial charge in [0.1, 0.15) is 5.92 Å². The van der Waals surface area contributed by atoms with E-state index in [1.54, 1.807) is 5.51 Å². The highest BCUT2D eigenvalue weighted by Gasteiger charge is 2.34. The molecule has 1 aromatic heterocycles. The van der Waals surface area contributed by atoms with E-state index in [0.29, 0.717) is 10.8 Å². The molecule has 16 heavy (non-hydrogen) atoms. The average molecular weight is 241 g/mol. The number of thiazole rings is 1. The molecule has 2 N–H and O–H groups in total. The molecular weight excluding hydrogens is 230 g/mol. The van der Waals surface area contributed by atoms with Gasteiger partial charge in [0.15, 0.2) is 0 Å². The Morgan fingerprint density at radius 3 is 2.69 bits per heavy atom. The van der Waals surface area contributed by atoms with Crippen molar-refractivity contribution in [3.05, 3.63) is 16.1 Å². The fourth-order valence-corrected chi connectivity index (χ4v) is 2.62. The molecule has 1 aliphatic carbocycles. The molecule has 86 valence electrons. The summed E-state index contributed by atoms with van der Waals surface area (Å²) in [5.74, 6) is -2.80. The average Bonchev–Trinajstić information content (AvgIpc) is 2.93. The van der Waals surface area contributed by atoms with E-state index in [9.17, 15) is 9.59 Å². The molecule has 0 bridgehead atoms. The number of aromatic nitrogens is 1. The van der Waals surface area contributed by atoms with Gasteiger partial charge in [-0.15, -0.1) is 11.3 Å². The summed E-state index contributed by atoms with van der Waals surface area (Å²) < 4.78 is 0. The first-order valence-corrected chi connectivity index (χ1v) is 5.85. The predicted molar refractivity (Wildman–Crippen MR) is 56.7 cm³/mol. The van der Waals surface area contributed by atoms with Crippen molar-refractivity contribution in [2.75, 3.05) is 0 Å². The largest absolute Gasteiger partial charge is 0.481 e. The fourth-order valence-electron chi connectivity index (χ4n) is 1.65. The van der Waals surface area contributed by atoms with Gasteiger partial charge in [-0.2, -0.15) is 0 Å². The van der Waals surface area contributed by atoms with Gasteiger partial charge < -0.3 is 10.2 Å². The van der Waals surface area contributed by atoms with E-state index in [2.05, 4.69) is 4.98 Å². The van der Waals surface area contributed by atoms with Crippen molar-refractivity contribution in [1.82, 2.24) is 4.98 Å². The van der Waals surface area contributed by atoms with Gasteiger partial charge in [-0.25, -0.2) is 4.98 Å². The molecule has 0 radical (unpaired) electrons. The maximum atomic E-state index is 11.0. The van der Waals surface area contributed by atoms with Crippen LogP contribution in [0.5, 0.6) is 0 Å². The maximum Gasteiger partial charge on any atom is 0.312 e. The Labute approximate surface area is 95.8 Å². The minimum atomic E-state index is -1.09. The first kappa shape index (κ1) is 11.1. The third-order valence-corrected chi connectivity index (χ3v) is 3.54. The lowest BCUT2D eigenvalue weighted by molar-refractivity contribution is -0.145. The number of carbonyl (C=O) groups is 2. The molecule has 5 nitrogen and oxygen atoms in total. The number of hydrogen-bond acceptors (Lipinski definition) is 4. The summed E-state index contributed by atoms with van der Waals surface area (Å²) in [6.45, 7) is 0. The van der Waals surface area contributed by atoms with Crippen molar-refractivity contribution in [2.24, 2.45) is 0 Å². The van der Waals surface area contributed by atoms with Crippen LogP contribution >= 0.6 is 11.3 Å². The van der Waals surface area contributed by atoms with Gasteiger partial charge in [0.05, 0.1) is 17.6 Å². The zero-order chi connectivity index (χ0) is 11.7. The summed E-state index contributed by atoms with van der Waals surface area (Å²) in [5.41, 5.74) is 2.39. The minimum Gasteiger partial charge on any atom is -0.481 e. The molecule has 0 aliphatic heterocycles. The topological polar surface area (TPSA) is 87.5 Å². The Bertz CT molecular complexity index is 424.